The van der Waals surface area contributed by atoms with E-state index < -0.39 is 0 Å². The van der Waals surface area contributed by atoms with Crippen molar-refractivity contribution in [2.45, 2.75) is 31.7 Å². The fraction of sp³-hybridized carbons (Fsp3) is 0.370. The number of hydrogen-bond acceptors (Lipinski definition) is 6. The summed E-state index contributed by atoms with van der Waals surface area (Å²) in [6, 6.07) is 14.4. The van der Waals surface area contributed by atoms with Crippen LogP contribution in [-0.4, -0.2) is 64.4 Å². The van der Waals surface area contributed by atoms with Gasteiger partial charge < -0.3 is 15.5 Å². The molecule has 1 amide bonds. The fourth-order valence-corrected chi connectivity index (χ4v) is 5.07. The quantitative estimate of drug-likeness (QED) is 0.545. The van der Waals surface area contributed by atoms with Crippen LogP contribution in [0, 0.1) is 0 Å². The molecule has 0 aliphatic carbocycles. The molecule has 2 fully saturated rings. The number of likely N-dealkylation sites (tertiary alicyclic amines) is 2. The molecule has 2 aliphatic heterocycles. The molecule has 0 saturated carbocycles. The van der Waals surface area contributed by atoms with Gasteiger partial charge in [-0.2, -0.15) is 0 Å². The molecule has 7 heteroatoms. The Labute approximate surface area is 200 Å². The van der Waals surface area contributed by atoms with Crippen LogP contribution in [0.2, 0.25) is 0 Å². The monoisotopic (exact) mass is 456 g/mol. The molecule has 5 rings (SSSR count). The maximum absolute atomic E-state index is 12.8. The minimum Gasteiger partial charge on any atom is -0.340 e. The smallest absolute Gasteiger partial charge is 0.238 e. The lowest BCUT2D eigenvalue weighted by atomic mass is 10.0. The van der Waals surface area contributed by atoms with Crippen molar-refractivity contribution in [1.29, 1.82) is 0 Å². The Morgan fingerprint density at radius 3 is 2.65 bits per heavy atom. The molecule has 2 aliphatic rings. The molecule has 3 aromatic rings. The number of anilines is 3. The summed E-state index contributed by atoms with van der Waals surface area (Å²) in [5.74, 6) is 0.718. The molecule has 2 aromatic carbocycles. The van der Waals surface area contributed by atoms with Crippen LogP contribution in [0.3, 0.4) is 0 Å². The van der Waals surface area contributed by atoms with Gasteiger partial charge in [-0.1, -0.05) is 24.8 Å². The maximum atomic E-state index is 12.8. The second kappa shape index (κ2) is 10.3. The van der Waals surface area contributed by atoms with Crippen molar-refractivity contribution in [1.82, 2.24) is 19.8 Å². The van der Waals surface area contributed by atoms with E-state index in [4.69, 9.17) is 0 Å². The fourth-order valence-electron chi connectivity index (χ4n) is 5.07. The van der Waals surface area contributed by atoms with E-state index in [2.05, 4.69) is 37.0 Å². The van der Waals surface area contributed by atoms with E-state index in [9.17, 15) is 4.79 Å². The van der Waals surface area contributed by atoms with E-state index in [0.29, 0.717) is 18.4 Å². The summed E-state index contributed by atoms with van der Waals surface area (Å²) in [7, 11) is 0. The Morgan fingerprint density at radius 1 is 1.03 bits per heavy atom. The van der Waals surface area contributed by atoms with Crippen molar-refractivity contribution in [3.05, 3.63) is 60.9 Å². The number of aromatic nitrogens is 2. The summed E-state index contributed by atoms with van der Waals surface area (Å²) in [6.07, 6.45) is 8.33. The highest BCUT2D eigenvalue weighted by Crippen LogP contribution is 2.26. The van der Waals surface area contributed by atoms with Crippen molar-refractivity contribution in [3.8, 4) is 0 Å². The van der Waals surface area contributed by atoms with Crippen molar-refractivity contribution >= 4 is 40.1 Å². The predicted octanol–water partition coefficient (Wildman–Crippen LogP) is 4.52. The molecule has 0 spiro atoms. The number of nitrogens with zero attached hydrogens (tertiary/aromatic N) is 4. The van der Waals surface area contributed by atoms with E-state index in [1.54, 1.807) is 6.33 Å². The molecule has 3 heterocycles. The minimum atomic E-state index is 0.0176. The number of piperidine rings is 1. The molecule has 0 unspecified atom stereocenters. The maximum Gasteiger partial charge on any atom is 0.238 e. The van der Waals surface area contributed by atoms with Crippen molar-refractivity contribution in [2.24, 2.45) is 0 Å². The van der Waals surface area contributed by atoms with E-state index >= 15 is 0 Å². The van der Waals surface area contributed by atoms with Crippen LogP contribution in [0.5, 0.6) is 0 Å². The lowest BCUT2D eigenvalue weighted by Gasteiger charge is -2.36. The summed E-state index contributed by atoms with van der Waals surface area (Å²) in [4.78, 5) is 26.5. The first kappa shape index (κ1) is 22.5. The number of carbonyl (C=O) groups is 1. The van der Waals surface area contributed by atoms with Gasteiger partial charge >= 0.3 is 0 Å². The first-order valence-electron chi connectivity index (χ1n) is 12.2. The molecule has 7 nitrogen and oxygen atoms in total. The number of benzene rings is 2. The highest BCUT2D eigenvalue weighted by atomic mass is 16.2. The first-order chi connectivity index (χ1) is 16.7. The number of carbonyl (C=O) groups excluding carboxylic acids is 1. The van der Waals surface area contributed by atoms with Crippen LogP contribution in [-0.2, 0) is 4.79 Å². The third-order valence-electron chi connectivity index (χ3n) is 6.89. The minimum absolute atomic E-state index is 0.0176. The van der Waals surface area contributed by atoms with Crippen LogP contribution in [0.15, 0.2) is 55.4 Å². The summed E-state index contributed by atoms with van der Waals surface area (Å²) >= 11 is 0. The van der Waals surface area contributed by atoms with Crippen molar-refractivity contribution in [3.63, 3.8) is 0 Å². The molecule has 2 saturated heterocycles. The Balaban J connectivity index is 1.23. The highest BCUT2D eigenvalue weighted by molar-refractivity contribution is 5.98. The van der Waals surface area contributed by atoms with Gasteiger partial charge in [0, 0.05) is 35.9 Å². The zero-order valence-corrected chi connectivity index (χ0v) is 19.5. The van der Waals surface area contributed by atoms with Gasteiger partial charge in [-0.15, -0.1) is 0 Å². The molecular formula is C27H32N6O. The summed E-state index contributed by atoms with van der Waals surface area (Å²) < 4.78 is 0. The second-order valence-corrected chi connectivity index (χ2v) is 9.21. The van der Waals surface area contributed by atoms with E-state index in [1.807, 2.05) is 48.5 Å². The van der Waals surface area contributed by atoms with Gasteiger partial charge in [-0.05, 0) is 74.7 Å². The van der Waals surface area contributed by atoms with Crippen molar-refractivity contribution < 1.29 is 4.79 Å². The molecular weight excluding hydrogens is 424 g/mol. The Kier molecular flexibility index (Phi) is 6.83. The van der Waals surface area contributed by atoms with Gasteiger partial charge in [-0.3, -0.25) is 9.69 Å². The Morgan fingerprint density at radius 2 is 1.85 bits per heavy atom. The van der Waals surface area contributed by atoms with Crippen LogP contribution >= 0.6 is 0 Å². The molecule has 0 radical (unpaired) electrons. The SMILES string of the molecule is C=Cc1cccc(Nc2ncnc3ccc(NC(=O)CN4CCC(N5CCCC5)CC4)cc23)c1. The summed E-state index contributed by atoms with van der Waals surface area (Å²) in [5, 5.41) is 7.30. The van der Waals surface area contributed by atoms with Crippen LogP contribution in [0.4, 0.5) is 17.2 Å². The van der Waals surface area contributed by atoms with Crippen molar-refractivity contribution in [2.75, 3.05) is 43.4 Å². The van der Waals surface area contributed by atoms with Gasteiger partial charge in [-0.25, -0.2) is 9.97 Å². The van der Waals surface area contributed by atoms with Gasteiger partial charge in [0.2, 0.25) is 5.91 Å². The molecule has 2 N–H and O–H groups in total. The van der Waals surface area contributed by atoms with E-state index in [1.165, 1.54) is 25.9 Å². The first-order valence-corrected chi connectivity index (χ1v) is 12.2. The zero-order valence-electron chi connectivity index (χ0n) is 19.5. The Hall–Kier alpha value is -3.29. The van der Waals surface area contributed by atoms with Crippen LogP contribution in [0.1, 0.15) is 31.2 Å². The number of nitrogens with one attached hydrogen (secondary N) is 2. The van der Waals surface area contributed by atoms with Gasteiger partial charge in [0.15, 0.2) is 0 Å². The molecule has 1 aromatic heterocycles. The highest BCUT2D eigenvalue weighted by Gasteiger charge is 2.27. The molecule has 0 atom stereocenters. The number of fused-ring (bicyclic) bond motifs is 1. The van der Waals surface area contributed by atoms with Gasteiger partial charge in [0.1, 0.15) is 12.1 Å². The average molecular weight is 457 g/mol. The van der Waals surface area contributed by atoms with Crippen LogP contribution < -0.4 is 10.6 Å². The van der Waals surface area contributed by atoms with Gasteiger partial charge in [0.05, 0.1) is 12.1 Å². The Bertz CT molecular complexity index is 1160. The molecule has 176 valence electrons. The predicted molar refractivity (Wildman–Crippen MR) is 138 cm³/mol. The molecule has 0 bridgehead atoms. The lowest BCUT2D eigenvalue weighted by Crippen LogP contribution is -2.45. The zero-order chi connectivity index (χ0) is 23.3. The summed E-state index contributed by atoms with van der Waals surface area (Å²) in [5.41, 5.74) is 3.52. The topological polar surface area (TPSA) is 73.4 Å². The number of amides is 1. The van der Waals surface area contributed by atoms with E-state index in [-0.39, 0.29) is 5.91 Å². The number of hydrogen-bond donors (Lipinski definition) is 2. The third-order valence-corrected chi connectivity index (χ3v) is 6.89. The normalized spacial score (nSPS) is 17.6. The standard InChI is InChI=1S/C27H32N6O/c1-2-20-6-5-7-21(16-20)31-27-24-17-22(8-9-25(24)28-19-29-27)30-26(34)18-32-14-10-23(11-15-32)33-12-3-4-13-33/h2,5-9,16-17,19,23H,1,3-4,10-15,18H2,(H,30,34)(H,28,29,31). The third kappa shape index (κ3) is 5.26. The van der Waals surface area contributed by atoms with Crippen LogP contribution in [0.25, 0.3) is 17.0 Å². The summed E-state index contributed by atoms with van der Waals surface area (Å²) in [6.45, 7) is 8.71. The van der Waals surface area contributed by atoms with E-state index in [0.717, 1.165) is 53.8 Å². The van der Waals surface area contributed by atoms with Gasteiger partial charge in [0.25, 0.3) is 0 Å². The number of rotatable bonds is 7. The average Bonchev–Trinajstić information content (AvgIpc) is 3.40. The largest absolute Gasteiger partial charge is 0.340 e. The second-order valence-electron chi connectivity index (χ2n) is 9.21. The lowest BCUT2D eigenvalue weighted by molar-refractivity contribution is -0.117. The molecule has 34 heavy (non-hydrogen) atoms.